The summed E-state index contributed by atoms with van der Waals surface area (Å²) < 4.78 is 0. The number of benzene rings is 2. The number of nitrogens with two attached hydrogens (primary N) is 1. The molecule has 0 heterocycles. The summed E-state index contributed by atoms with van der Waals surface area (Å²) in [4.78, 5) is 12.1. The minimum Gasteiger partial charge on any atom is -0.393 e. The van der Waals surface area contributed by atoms with Crippen molar-refractivity contribution in [2.75, 3.05) is 5.32 Å². The molecule has 4 heteroatoms. The van der Waals surface area contributed by atoms with Crippen molar-refractivity contribution >= 4 is 11.6 Å². The van der Waals surface area contributed by atoms with E-state index in [1.165, 1.54) is 0 Å². The van der Waals surface area contributed by atoms with Crippen LogP contribution < -0.4 is 11.1 Å². The molecule has 1 fully saturated rings. The summed E-state index contributed by atoms with van der Waals surface area (Å²) in [6.45, 7) is 1.94. The molecule has 0 spiro atoms. The fourth-order valence-electron chi connectivity index (χ4n) is 3.52. The maximum absolute atomic E-state index is 12.1. The van der Waals surface area contributed by atoms with Gasteiger partial charge in [-0.2, -0.15) is 0 Å². The van der Waals surface area contributed by atoms with E-state index < -0.39 is 5.91 Å². The van der Waals surface area contributed by atoms with Crippen molar-refractivity contribution in [3.63, 3.8) is 0 Å². The molecule has 0 unspecified atom stereocenters. The highest BCUT2D eigenvalue weighted by Gasteiger charge is 2.22. The Morgan fingerprint density at radius 1 is 1.08 bits per heavy atom. The molecule has 1 aliphatic rings. The number of aliphatic hydroxyl groups is 1. The summed E-state index contributed by atoms with van der Waals surface area (Å²) in [5.74, 6) is -0.413. The van der Waals surface area contributed by atoms with Crippen molar-refractivity contribution in [2.45, 2.75) is 44.8 Å². The van der Waals surface area contributed by atoms with E-state index in [0.29, 0.717) is 5.56 Å². The largest absolute Gasteiger partial charge is 0.393 e. The van der Waals surface area contributed by atoms with Gasteiger partial charge in [-0.15, -0.1) is 0 Å². The van der Waals surface area contributed by atoms with Crippen LogP contribution >= 0.6 is 0 Å². The lowest BCUT2D eigenvalue weighted by atomic mass is 9.91. The molecule has 0 atom stereocenters. The summed E-state index contributed by atoms with van der Waals surface area (Å²) in [7, 11) is 0. The molecule has 0 saturated heterocycles. The minimum absolute atomic E-state index is 0.194. The molecule has 0 bridgehead atoms. The third-order valence-electron chi connectivity index (χ3n) is 4.85. The second-order valence-corrected chi connectivity index (χ2v) is 6.54. The standard InChI is InChI=1S/C20H24N2O2/c1-13-17(14-5-3-2-4-6-14)11-12-18(19(13)20(21)24)22-15-7-9-16(23)10-8-15/h2-6,11-12,15-16,22-23H,7-10H2,1H3,(H2,21,24). The molecular weight excluding hydrogens is 300 g/mol. The predicted octanol–water partition coefficient (Wildman–Crippen LogP) is 3.48. The lowest BCUT2D eigenvalue weighted by Crippen LogP contribution is -2.29. The molecular formula is C20H24N2O2. The molecule has 0 radical (unpaired) electrons. The monoisotopic (exact) mass is 324 g/mol. The summed E-state index contributed by atoms with van der Waals surface area (Å²) in [5, 5.41) is 13.1. The number of carbonyl (C=O) groups is 1. The molecule has 4 nitrogen and oxygen atoms in total. The van der Waals surface area contributed by atoms with Gasteiger partial charge in [0, 0.05) is 11.7 Å². The van der Waals surface area contributed by atoms with E-state index in [0.717, 1.165) is 48.1 Å². The second kappa shape index (κ2) is 7.05. The number of primary amides is 1. The lowest BCUT2D eigenvalue weighted by Gasteiger charge is -2.28. The lowest BCUT2D eigenvalue weighted by molar-refractivity contribution is 0.1000. The Hall–Kier alpha value is -2.33. The van der Waals surface area contributed by atoms with Crippen molar-refractivity contribution in [3.05, 3.63) is 53.6 Å². The smallest absolute Gasteiger partial charge is 0.251 e. The number of amides is 1. The van der Waals surface area contributed by atoms with Gasteiger partial charge in [0.25, 0.3) is 5.91 Å². The van der Waals surface area contributed by atoms with Crippen molar-refractivity contribution < 1.29 is 9.90 Å². The molecule has 4 N–H and O–H groups in total. The van der Waals surface area contributed by atoms with Crippen LogP contribution in [0.4, 0.5) is 5.69 Å². The van der Waals surface area contributed by atoms with Crippen LogP contribution in [0.15, 0.2) is 42.5 Å². The number of hydrogen-bond acceptors (Lipinski definition) is 3. The van der Waals surface area contributed by atoms with Gasteiger partial charge in [-0.05, 0) is 55.4 Å². The zero-order valence-electron chi connectivity index (χ0n) is 14.0. The van der Waals surface area contributed by atoms with Gasteiger partial charge in [-0.1, -0.05) is 36.4 Å². The van der Waals surface area contributed by atoms with Crippen LogP contribution in [0.5, 0.6) is 0 Å². The van der Waals surface area contributed by atoms with E-state index in [-0.39, 0.29) is 12.1 Å². The Kier molecular flexibility index (Phi) is 4.86. The Labute approximate surface area is 142 Å². The summed E-state index contributed by atoms with van der Waals surface area (Å²) in [6, 6.07) is 14.3. The van der Waals surface area contributed by atoms with Crippen LogP contribution in [-0.4, -0.2) is 23.2 Å². The average molecular weight is 324 g/mol. The molecule has 24 heavy (non-hydrogen) atoms. The fourth-order valence-corrected chi connectivity index (χ4v) is 3.52. The SMILES string of the molecule is Cc1c(-c2ccccc2)ccc(NC2CCC(O)CC2)c1C(N)=O. The molecule has 0 aromatic heterocycles. The summed E-state index contributed by atoms with van der Waals surface area (Å²) in [5.41, 5.74) is 10.0. The molecule has 3 rings (SSSR count). The first kappa shape index (κ1) is 16.5. The van der Waals surface area contributed by atoms with Crippen LogP contribution in [0.25, 0.3) is 11.1 Å². The number of nitrogens with one attached hydrogen (secondary N) is 1. The normalized spacial score (nSPS) is 20.6. The van der Waals surface area contributed by atoms with E-state index in [2.05, 4.69) is 5.32 Å². The first-order valence-corrected chi connectivity index (χ1v) is 8.49. The Morgan fingerprint density at radius 3 is 2.38 bits per heavy atom. The highest BCUT2D eigenvalue weighted by atomic mass is 16.3. The van der Waals surface area contributed by atoms with Crippen LogP contribution in [0.1, 0.15) is 41.6 Å². The Balaban J connectivity index is 1.93. The Morgan fingerprint density at radius 2 is 1.75 bits per heavy atom. The number of anilines is 1. The van der Waals surface area contributed by atoms with Gasteiger partial charge in [0.15, 0.2) is 0 Å². The third-order valence-corrected chi connectivity index (χ3v) is 4.85. The third kappa shape index (κ3) is 3.44. The molecule has 1 aliphatic carbocycles. The van der Waals surface area contributed by atoms with E-state index in [1.54, 1.807) is 0 Å². The zero-order chi connectivity index (χ0) is 17.1. The minimum atomic E-state index is -0.413. The second-order valence-electron chi connectivity index (χ2n) is 6.54. The topological polar surface area (TPSA) is 75.3 Å². The average Bonchev–Trinajstić information content (AvgIpc) is 2.57. The van der Waals surface area contributed by atoms with Gasteiger partial charge >= 0.3 is 0 Å². The van der Waals surface area contributed by atoms with Crippen LogP contribution in [0.2, 0.25) is 0 Å². The molecule has 2 aromatic carbocycles. The number of carbonyl (C=O) groups excluding carboxylic acids is 1. The fraction of sp³-hybridized carbons (Fsp3) is 0.350. The van der Waals surface area contributed by atoms with E-state index in [4.69, 9.17) is 5.73 Å². The molecule has 0 aliphatic heterocycles. The molecule has 1 saturated carbocycles. The van der Waals surface area contributed by atoms with Gasteiger partial charge in [0.05, 0.1) is 11.7 Å². The molecule has 2 aromatic rings. The molecule has 1 amide bonds. The zero-order valence-corrected chi connectivity index (χ0v) is 14.0. The number of aliphatic hydroxyl groups excluding tert-OH is 1. The van der Waals surface area contributed by atoms with Gasteiger partial charge < -0.3 is 16.2 Å². The van der Waals surface area contributed by atoms with E-state index in [1.807, 2.05) is 49.4 Å². The van der Waals surface area contributed by atoms with Gasteiger partial charge in [-0.25, -0.2) is 0 Å². The van der Waals surface area contributed by atoms with E-state index in [9.17, 15) is 9.90 Å². The maximum Gasteiger partial charge on any atom is 0.251 e. The summed E-state index contributed by atoms with van der Waals surface area (Å²) in [6.07, 6.45) is 3.20. The quantitative estimate of drug-likeness (QED) is 0.806. The van der Waals surface area contributed by atoms with Crippen molar-refractivity contribution in [2.24, 2.45) is 5.73 Å². The highest BCUT2D eigenvalue weighted by molar-refractivity contribution is 6.02. The first-order valence-electron chi connectivity index (χ1n) is 8.49. The van der Waals surface area contributed by atoms with Gasteiger partial charge in [-0.3, -0.25) is 4.79 Å². The van der Waals surface area contributed by atoms with Crippen LogP contribution in [-0.2, 0) is 0 Å². The first-order chi connectivity index (χ1) is 11.6. The predicted molar refractivity (Wildman–Crippen MR) is 97.0 cm³/mol. The van der Waals surface area contributed by atoms with Crippen LogP contribution in [0.3, 0.4) is 0 Å². The van der Waals surface area contributed by atoms with E-state index >= 15 is 0 Å². The maximum atomic E-state index is 12.1. The number of rotatable bonds is 4. The van der Waals surface area contributed by atoms with Crippen molar-refractivity contribution in [1.82, 2.24) is 0 Å². The van der Waals surface area contributed by atoms with Crippen LogP contribution in [0, 0.1) is 6.92 Å². The highest BCUT2D eigenvalue weighted by Crippen LogP contribution is 2.32. The Bertz CT molecular complexity index is 720. The molecule has 126 valence electrons. The van der Waals surface area contributed by atoms with Gasteiger partial charge in [0.2, 0.25) is 0 Å². The van der Waals surface area contributed by atoms with Crippen molar-refractivity contribution in [3.8, 4) is 11.1 Å². The number of hydrogen-bond donors (Lipinski definition) is 3. The summed E-state index contributed by atoms with van der Waals surface area (Å²) >= 11 is 0. The van der Waals surface area contributed by atoms with Crippen molar-refractivity contribution in [1.29, 1.82) is 0 Å². The van der Waals surface area contributed by atoms with Gasteiger partial charge in [0.1, 0.15) is 0 Å².